The first-order valence-corrected chi connectivity index (χ1v) is 10.8. The van der Waals surface area contributed by atoms with Crippen molar-refractivity contribution in [2.24, 2.45) is 4.40 Å². The van der Waals surface area contributed by atoms with Crippen molar-refractivity contribution in [1.29, 1.82) is 0 Å². The summed E-state index contributed by atoms with van der Waals surface area (Å²) in [5, 5.41) is 0. The molecular formula is C24H17NO5S. The van der Waals surface area contributed by atoms with Crippen LogP contribution in [0.3, 0.4) is 0 Å². The van der Waals surface area contributed by atoms with E-state index in [4.69, 9.17) is 4.74 Å². The van der Waals surface area contributed by atoms with Crippen LogP contribution in [0.1, 0.15) is 16.7 Å². The number of carbonyl (C=O) groups is 2. The number of ether oxygens (including phenoxy) is 1. The van der Waals surface area contributed by atoms with Gasteiger partial charge in [-0.25, -0.2) is 4.79 Å². The number of sulfonamides is 1. The number of carbonyl (C=O) groups excluding carboxylic acids is 2. The molecule has 1 aliphatic rings. The molecule has 3 aromatic rings. The van der Waals surface area contributed by atoms with Crippen LogP contribution in [0, 0.1) is 6.92 Å². The molecule has 0 bridgehead atoms. The number of aryl methyl sites for hydroxylation is 1. The van der Waals surface area contributed by atoms with E-state index in [1.54, 1.807) is 72.8 Å². The molecule has 0 aromatic heterocycles. The Hall–Kier alpha value is -3.84. The first-order valence-electron chi connectivity index (χ1n) is 9.40. The first-order chi connectivity index (χ1) is 14.9. The van der Waals surface area contributed by atoms with Gasteiger partial charge in [0.1, 0.15) is 5.57 Å². The van der Waals surface area contributed by atoms with Crippen molar-refractivity contribution in [3.8, 4) is 0 Å². The number of rotatable bonds is 5. The Morgan fingerprint density at radius 2 is 1.39 bits per heavy atom. The highest BCUT2D eigenvalue weighted by Crippen LogP contribution is 2.31. The van der Waals surface area contributed by atoms with Crippen molar-refractivity contribution in [3.05, 3.63) is 107 Å². The molecule has 3 aromatic carbocycles. The van der Waals surface area contributed by atoms with E-state index in [0.29, 0.717) is 11.1 Å². The third-order valence-corrected chi connectivity index (χ3v) is 5.98. The molecule has 4 rings (SSSR count). The summed E-state index contributed by atoms with van der Waals surface area (Å²) in [4.78, 5) is 24.9. The van der Waals surface area contributed by atoms with E-state index in [0.717, 1.165) is 5.56 Å². The second kappa shape index (κ2) is 8.12. The first kappa shape index (κ1) is 20.4. The molecular weight excluding hydrogens is 414 g/mol. The number of benzene rings is 3. The normalized spacial score (nSPS) is 14.7. The van der Waals surface area contributed by atoms with Gasteiger partial charge in [0.25, 0.3) is 15.8 Å². The smallest absolute Gasteiger partial charge is 0.385 e. The van der Waals surface area contributed by atoms with Gasteiger partial charge in [0.05, 0.1) is 10.6 Å². The van der Waals surface area contributed by atoms with Crippen molar-refractivity contribution >= 4 is 33.2 Å². The molecule has 1 heterocycles. The van der Waals surface area contributed by atoms with Crippen LogP contribution in [-0.4, -0.2) is 25.9 Å². The Morgan fingerprint density at radius 3 is 2.00 bits per heavy atom. The average molecular weight is 431 g/mol. The Balaban J connectivity index is 1.98. The molecule has 0 N–H and O–H groups in total. The molecule has 7 heteroatoms. The van der Waals surface area contributed by atoms with Crippen LogP contribution in [0.15, 0.2) is 99.8 Å². The number of nitrogens with zero attached hydrogens (tertiary/aromatic N) is 1. The number of esters is 1. The summed E-state index contributed by atoms with van der Waals surface area (Å²) in [6, 6.07) is 23.1. The second-order valence-electron chi connectivity index (χ2n) is 6.88. The SMILES string of the molecule is Cc1ccc(S(=O)(=O)/N=C(/C2=C(c3ccccc3)OC(=O)C2=O)c2ccccc2)cc1. The van der Waals surface area contributed by atoms with E-state index in [1.165, 1.54) is 12.1 Å². The number of hydrogen-bond acceptors (Lipinski definition) is 5. The lowest BCUT2D eigenvalue weighted by molar-refractivity contribution is -0.144. The summed E-state index contributed by atoms with van der Waals surface area (Å²) in [6.07, 6.45) is 0. The molecule has 0 radical (unpaired) electrons. The lowest BCUT2D eigenvalue weighted by atomic mass is 9.97. The maximum absolute atomic E-state index is 13.1. The number of cyclic esters (lactones) is 1. The fourth-order valence-corrected chi connectivity index (χ4v) is 4.15. The summed E-state index contributed by atoms with van der Waals surface area (Å²) in [7, 11) is -4.17. The molecule has 0 aliphatic carbocycles. The Labute approximate surface area is 179 Å². The van der Waals surface area contributed by atoms with Gasteiger partial charge in [0.15, 0.2) is 5.76 Å². The fraction of sp³-hybridized carbons (Fsp3) is 0.0417. The highest BCUT2D eigenvalue weighted by molar-refractivity contribution is 7.90. The van der Waals surface area contributed by atoms with E-state index in [2.05, 4.69) is 4.40 Å². The predicted molar refractivity (Wildman–Crippen MR) is 116 cm³/mol. The van der Waals surface area contributed by atoms with Gasteiger partial charge in [-0.2, -0.15) is 12.8 Å². The van der Waals surface area contributed by atoms with Crippen LogP contribution in [0.25, 0.3) is 5.76 Å². The highest BCUT2D eigenvalue weighted by Gasteiger charge is 2.39. The molecule has 0 unspecified atom stereocenters. The Bertz CT molecular complexity index is 1320. The largest absolute Gasteiger partial charge is 0.419 e. The number of hydrogen-bond donors (Lipinski definition) is 0. The van der Waals surface area contributed by atoms with Crippen molar-refractivity contribution in [1.82, 2.24) is 0 Å². The molecule has 0 saturated carbocycles. The third-order valence-electron chi connectivity index (χ3n) is 4.68. The van der Waals surface area contributed by atoms with E-state index in [-0.39, 0.29) is 21.9 Å². The maximum atomic E-state index is 13.1. The molecule has 154 valence electrons. The van der Waals surface area contributed by atoms with Gasteiger partial charge < -0.3 is 4.74 Å². The Kier molecular flexibility index (Phi) is 5.35. The average Bonchev–Trinajstić information content (AvgIpc) is 3.08. The van der Waals surface area contributed by atoms with Gasteiger partial charge in [0, 0.05) is 11.1 Å². The highest BCUT2D eigenvalue weighted by atomic mass is 32.2. The van der Waals surface area contributed by atoms with Gasteiger partial charge in [-0.15, -0.1) is 0 Å². The quantitative estimate of drug-likeness (QED) is 0.349. The zero-order valence-corrected chi connectivity index (χ0v) is 17.3. The summed E-state index contributed by atoms with van der Waals surface area (Å²) >= 11 is 0. The molecule has 0 spiro atoms. The summed E-state index contributed by atoms with van der Waals surface area (Å²) < 4.78 is 35.4. The van der Waals surface area contributed by atoms with Crippen LogP contribution in [0.5, 0.6) is 0 Å². The standard InChI is InChI=1S/C24H17NO5S/c1-16-12-14-19(15-13-16)31(28,29)25-21(17-8-4-2-5-9-17)20-22(26)24(27)30-23(20)18-10-6-3-7-11-18/h2-15H,1H3/b25-21+. The molecule has 6 nitrogen and oxygen atoms in total. The van der Waals surface area contributed by atoms with Crippen LogP contribution in [0.4, 0.5) is 0 Å². The maximum Gasteiger partial charge on any atom is 0.385 e. The minimum atomic E-state index is -4.17. The summed E-state index contributed by atoms with van der Waals surface area (Å²) in [5.41, 5.74) is 1.40. The second-order valence-corrected chi connectivity index (χ2v) is 8.49. The number of ketones is 1. The monoisotopic (exact) mass is 431 g/mol. The van der Waals surface area contributed by atoms with Crippen LogP contribution in [-0.2, 0) is 24.3 Å². The molecule has 31 heavy (non-hydrogen) atoms. The fourth-order valence-electron chi connectivity index (χ4n) is 3.12. The molecule has 0 amide bonds. The lowest BCUT2D eigenvalue weighted by Gasteiger charge is -2.09. The van der Waals surface area contributed by atoms with Crippen molar-refractivity contribution in [2.45, 2.75) is 11.8 Å². The lowest BCUT2D eigenvalue weighted by Crippen LogP contribution is -2.18. The van der Waals surface area contributed by atoms with Crippen molar-refractivity contribution in [3.63, 3.8) is 0 Å². The zero-order valence-electron chi connectivity index (χ0n) is 16.5. The Morgan fingerprint density at radius 1 is 0.806 bits per heavy atom. The predicted octanol–water partition coefficient (Wildman–Crippen LogP) is 3.71. The van der Waals surface area contributed by atoms with E-state index in [9.17, 15) is 18.0 Å². The van der Waals surface area contributed by atoms with Gasteiger partial charge in [0.2, 0.25) is 0 Å². The molecule has 1 aliphatic heterocycles. The van der Waals surface area contributed by atoms with Gasteiger partial charge in [-0.3, -0.25) is 4.79 Å². The van der Waals surface area contributed by atoms with E-state index >= 15 is 0 Å². The molecule has 0 atom stereocenters. The van der Waals surface area contributed by atoms with Crippen molar-refractivity contribution in [2.75, 3.05) is 0 Å². The van der Waals surface area contributed by atoms with Gasteiger partial charge in [-0.05, 0) is 19.1 Å². The van der Waals surface area contributed by atoms with E-state index < -0.39 is 21.8 Å². The third kappa shape index (κ3) is 4.08. The molecule has 0 saturated heterocycles. The minimum absolute atomic E-state index is 0.0164. The number of Topliss-reactive ketones (excluding diaryl/α,β-unsaturated/α-hetero) is 1. The van der Waals surface area contributed by atoms with Crippen LogP contribution < -0.4 is 0 Å². The van der Waals surface area contributed by atoms with Crippen LogP contribution >= 0.6 is 0 Å². The summed E-state index contributed by atoms with van der Waals surface area (Å²) in [6.45, 7) is 1.84. The zero-order chi connectivity index (χ0) is 22.0. The molecule has 0 fully saturated rings. The minimum Gasteiger partial charge on any atom is -0.419 e. The summed E-state index contributed by atoms with van der Waals surface area (Å²) in [5.74, 6) is -2.04. The van der Waals surface area contributed by atoms with Crippen LogP contribution in [0.2, 0.25) is 0 Å². The topological polar surface area (TPSA) is 89.9 Å². The van der Waals surface area contributed by atoms with Gasteiger partial charge in [-0.1, -0.05) is 78.4 Å². The van der Waals surface area contributed by atoms with E-state index in [1.807, 2.05) is 6.92 Å². The van der Waals surface area contributed by atoms with Gasteiger partial charge >= 0.3 is 5.97 Å². The van der Waals surface area contributed by atoms with Crippen molar-refractivity contribution < 1.29 is 22.7 Å².